The molecule has 3 N–H and O–H groups in total. The van der Waals surface area contributed by atoms with E-state index in [1.807, 2.05) is 0 Å². The summed E-state index contributed by atoms with van der Waals surface area (Å²) in [5.74, 6) is 1.06. The van der Waals surface area contributed by atoms with Crippen LogP contribution in [-0.2, 0) is 0 Å². The van der Waals surface area contributed by atoms with Gasteiger partial charge in [0.15, 0.2) is 11.5 Å². The van der Waals surface area contributed by atoms with Crippen molar-refractivity contribution in [2.75, 3.05) is 13.2 Å². The summed E-state index contributed by atoms with van der Waals surface area (Å²) in [6.07, 6.45) is 0.819. The van der Waals surface area contributed by atoms with Crippen LogP contribution in [0.15, 0.2) is 23.0 Å². The average molecular weight is 248 g/mol. The molecule has 1 aromatic heterocycles. The summed E-state index contributed by atoms with van der Waals surface area (Å²) in [4.78, 5) is 11.6. The molecule has 6 heteroatoms. The third-order valence-corrected chi connectivity index (χ3v) is 2.79. The maximum atomic E-state index is 11.6. The zero-order valence-electron chi connectivity index (χ0n) is 9.53. The monoisotopic (exact) mass is 248 g/mol. The molecule has 3 rings (SSSR count). The first-order valence-corrected chi connectivity index (χ1v) is 5.65. The van der Waals surface area contributed by atoms with Crippen molar-refractivity contribution in [2.45, 2.75) is 6.42 Å². The molecule has 0 saturated carbocycles. The highest BCUT2D eigenvalue weighted by atomic mass is 16.5. The Labute approximate surface area is 102 Å². The maximum Gasteiger partial charge on any atom is 0.275 e. The number of benzene rings is 1. The molecule has 0 amide bonds. The Morgan fingerprint density at radius 3 is 2.61 bits per heavy atom. The predicted molar refractivity (Wildman–Crippen MR) is 64.1 cm³/mol. The highest BCUT2D eigenvalue weighted by molar-refractivity contribution is 5.70. The zero-order valence-corrected chi connectivity index (χ0v) is 9.53. The Morgan fingerprint density at radius 2 is 1.89 bits per heavy atom. The van der Waals surface area contributed by atoms with E-state index in [2.05, 4.69) is 10.2 Å². The van der Waals surface area contributed by atoms with Crippen molar-refractivity contribution in [1.82, 2.24) is 10.2 Å². The Balaban J connectivity index is 2.10. The highest BCUT2D eigenvalue weighted by Crippen LogP contribution is 2.34. The molecule has 0 radical (unpaired) electrons. The first kappa shape index (κ1) is 10.8. The van der Waals surface area contributed by atoms with Gasteiger partial charge in [-0.3, -0.25) is 15.0 Å². The number of aromatic nitrogens is 2. The minimum atomic E-state index is -0.373. The largest absolute Gasteiger partial charge is 0.493 e. The lowest BCUT2D eigenvalue weighted by atomic mass is 10.1. The van der Waals surface area contributed by atoms with E-state index in [4.69, 9.17) is 9.47 Å². The molecule has 1 aliphatic heterocycles. The van der Waals surface area contributed by atoms with Crippen LogP contribution in [-0.4, -0.2) is 28.5 Å². The molecule has 0 atom stereocenters. The van der Waals surface area contributed by atoms with E-state index in [0.29, 0.717) is 30.3 Å². The minimum Gasteiger partial charge on any atom is -0.493 e. The molecule has 2 aromatic rings. The molecular weight excluding hydrogens is 236 g/mol. The number of rotatable bonds is 1. The molecule has 0 unspecified atom stereocenters. The second-order valence-corrected chi connectivity index (χ2v) is 4.01. The Hall–Kier alpha value is -2.37. The van der Waals surface area contributed by atoms with Gasteiger partial charge >= 0.3 is 0 Å². The van der Waals surface area contributed by atoms with Crippen LogP contribution in [0.2, 0.25) is 0 Å². The number of hydrogen-bond acceptors (Lipinski definition) is 4. The summed E-state index contributed by atoms with van der Waals surface area (Å²) < 4.78 is 11.0. The van der Waals surface area contributed by atoms with Crippen molar-refractivity contribution >= 4 is 0 Å². The molecule has 6 nitrogen and oxygen atoms in total. The second-order valence-electron chi connectivity index (χ2n) is 4.01. The fourth-order valence-electron chi connectivity index (χ4n) is 1.94. The van der Waals surface area contributed by atoms with Gasteiger partial charge in [0.25, 0.3) is 5.56 Å². The van der Waals surface area contributed by atoms with Crippen LogP contribution in [0.4, 0.5) is 0 Å². The molecule has 1 aromatic carbocycles. The van der Waals surface area contributed by atoms with Crippen LogP contribution in [0, 0.1) is 0 Å². The number of fused-ring (bicyclic) bond motifs is 1. The summed E-state index contributed by atoms with van der Waals surface area (Å²) in [6.45, 7) is 1.19. The van der Waals surface area contributed by atoms with Gasteiger partial charge < -0.3 is 14.6 Å². The van der Waals surface area contributed by atoms with Crippen LogP contribution >= 0.6 is 0 Å². The van der Waals surface area contributed by atoms with E-state index in [1.54, 1.807) is 18.2 Å². The summed E-state index contributed by atoms with van der Waals surface area (Å²) >= 11 is 0. The fourth-order valence-corrected chi connectivity index (χ4v) is 1.94. The third-order valence-electron chi connectivity index (χ3n) is 2.79. The van der Waals surface area contributed by atoms with Gasteiger partial charge in [0.05, 0.1) is 13.2 Å². The molecule has 0 fully saturated rings. The number of ether oxygens (including phenoxy) is 2. The van der Waals surface area contributed by atoms with Gasteiger partial charge in [-0.05, 0) is 17.7 Å². The van der Waals surface area contributed by atoms with Crippen LogP contribution in [0.25, 0.3) is 11.1 Å². The van der Waals surface area contributed by atoms with Gasteiger partial charge in [-0.25, -0.2) is 0 Å². The molecule has 1 aliphatic rings. The van der Waals surface area contributed by atoms with Gasteiger partial charge in [-0.2, -0.15) is 0 Å². The molecule has 2 heterocycles. The zero-order chi connectivity index (χ0) is 12.5. The predicted octanol–water partition coefficient (Wildman–Crippen LogP) is 1.24. The van der Waals surface area contributed by atoms with Crippen LogP contribution in [0.3, 0.4) is 0 Å². The van der Waals surface area contributed by atoms with Gasteiger partial charge in [-0.1, -0.05) is 6.07 Å². The normalized spacial score (nSPS) is 14.2. The van der Waals surface area contributed by atoms with E-state index in [0.717, 1.165) is 6.42 Å². The summed E-state index contributed by atoms with van der Waals surface area (Å²) in [7, 11) is 0. The van der Waals surface area contributed by atoms with Crippen LogP contribution in [0.1, 0.15) is 6.42 Å². The van der Waals surface area contributed by atoms with Crippen molar-refractivity contribution in [1.29, 1.82) is 0 Å². The Kier molecular flexibility index (Phi) is 2.47. The molecule has 18 heavy (non-hydrogen) atoms. The minimum absolute atomic E-state index is 0.186. The second kappa shape index (κ2) is 4.14. The number of H-pyrrole nitrogens is 2. The molecule has 94 valence electrons. The molecule has 0 saturated heterocycles. The van der Waals surface area contributed by atoms with Crippen molar-refractivity contribution in [2.24, 2.45) is 0 Å². The lowest BCUT2D eigenvalue weighted by Crippen LogP contribution is -2.01. The van der Waals surface area contributed by atoms with E-state index in [-0.39, 0.29) is 17.0 Å². The van der Waals surface area contributed by atoms with Crippen LogP contribution < -0.4 is 15.0 Å². The maximum absolute atomic E-state index is 11.6. The lowest BCUT2D eigenvalue weighted by Gasteiger charge is -2.08. The standard InChI is InChI=1S/C12H12N2O4/c15-11-10(12(16)14-13-11)7-2-3-8-9(6-7)18-5-1-4-17-8/h2-3,6H,1,4-5H2,(H3,13,14,15,16). The van der Waals surface area contributed by atoms with Crippen LogP contribution in [0.5, 0.6) is 17.4 Å². The summed E-state index contributed by atoms with van der Waals surface area (Å²) in [5, 5.41) is 14.3. The van der Waals surface area contributed by atoms with Crippen molar-refractivity contribution in [3.8, 4) is 28.5 Å². The summed E-state index contributed by atoms with van der Waals surface area (Å²) in [5.41, 5.74) is 0.409. The quantitative estimate of drug-likeness (QED) is 0.708. The van der Waals surface area contributed by atoms with Gasteiger partial charge in [0, 0.05) is 6.42 Å². The SMILES string of the molecule is O=c1[nH][nH]c(O)c1-c1ccc2c(c1)OCCCO2. The van der Waals surface area contributed by atoms with E-state index in [1.165, 1.54) is 0 Å². The average Bonchev–Trinajstić information content (AvgIpc) is 2.59. The van der Waals surface area contributed by atoms with E-state index < -0.39 is 0 Å². The number of hydrogen-bond donors (Lipinski definition) is 3. The van der Waals surface area contributed by atoms with Gasteiger partial charge in [0.2, 0.25) is 5.88 Å². The third kappa shape index (κ3) is 1.71. The number of aromatic amines is 2. The number of aromatic hydroxyl groups is 1. The smallest absolute Gasteiger partial charge is 0.275 e. The molecule has 0 bridgehead atoms. The van der Waals surface area contributed by atoms with Crippen molar-refractivity contribution in [3.63, 3.8) is 0 Å². The highest BCUT2D eigenvalue weighted by Gasteiger charge is 2.16. The lowest BCUT2D eigenvalue weighted by molar-refractivity contribution is 0.297. The first-order chi connectivity index (χ1) is 8.75. The molecule has 0 aliphatic carbocycles. The van der Waals surface area contributed by atoms with E-state index >= 15 is 0 Å². The number of nitrogens with one attached hydrogen (secondary N) is 2. The van der Waals surface area contributed by atoms with E-state index in [9.17, 15) is 9.90 Å². The summed E-state index contributed by atoms with van der Waals surface area (Å²) in [6, 6.07) is 5.15. The Morgan fingerprint density at radius 1 is 1.11 bits per heavy atom. The Bertz CT molecular complexity index is 629. The van der Waals surface area contributed by atoms with Gasteiger partial charge in [0.1, 0.15) is 5.56 Å². The molecular formula is C12H12N2O4. The topological polar surface area (TPSA) is 87.3 Å². The van der Waals surface area contributed by atoms with Crippen molar-refractivity contribution in [3.05, 3.63) is 28.6 Å². The molecule has 0 spiro atoms. The van der Waals surface area contributed by atoms with Gasteiger partial charge in [-0.15, -0.1) is 0 Å². The first-order valence-electron chi connectivity index (χ1n) is 5.65. The van der Waals surface area contributed by atoms with Crippen molar-refractivity contribution < 1.29 is 14.6 Å². The fraction of sp³-hybridized carbons (Fsp3) is 0.250.